The predicted molar refractivity (Wildman–Crippen MR) is 59.9 cm³/mol. The van der Waals surface area contributed by atoms with E-state index < -0.39 is 19.8 Å². The summed E-state index contributed by atoms with van der Waals surface area (Å²) in [5.41, 5.74) is 0. The highest BCUT2D eigenvalue weighted by molar-refractivity contribution is 14.1. The highest BCUT2D eigenvalue weighted by atomic mass is 127. The molecule has 0 N–H and O–H groups in total. The molecule has 13 heavy (non-hydrogen) atoms. The lowest BCUT2D eigenvalue weighted by Crippen LogP contribution is -1.99. The SMILES string of the molecule is O=S(=O)(Cl)c1c(I)ccc(Br)c1F. The molecule has 0 spiro atoms. The summed E-state index contributed by atoms with van der Waals surface area (Å²) >= 11 is 4.57. The van der Waals surface area contributed by atoms with E-state index in [1.54, 1.807) is 22.6 Å². The zero-order chi connectivity index (χ0) is 10.2. The summed E-state index contributed by atoms with van der Waals surface area (Å²) < 4.78 is 35.4. The molecule has 0 fully saturated rings. The third-order valence-corrected chi connectivity index (χ3v) is 4.47. The van der Waals surface area contributed by atoms with Gasteiger partial charge in [-0.3, -0.25) is 0 Å². The third kappa shape index (κ3) is 2.54. The summed E-state index contributed by atoms with van der Waals surface area (Å²) in [6.07, 6.45) is 0. The number of hydrogen-bond acceptors (Lipinski definition) is 2. The zero-order valence-corrected chi connectivity index (χ0v) is 11.2. The molecule has 0 amide bonds. The first-order chi connectivity index (χ1) is 5.84. The second kappa shape index (κ2) is 4.00. The van der Waals surface area contributed by atoms with Crippen LogP contribution in [0.25, 0.3) is 0 Å². The van der Waals surface area contributed by atoms with Crippen molar-refractivity contribution in [3.63, 3.8) is 0 Å². The minimum absolute atomic E-state index is 0.0761. The summed E-state index contributed by atoms with van der Waals surface area (Å²) in [4.78, 5) is -0.482. The van der Waals surface area contributed by atoms with E-state index in [4.69, 9.17) is 10.7 Å². The standard InChI is InChI=1S/C6H2BrClFIO2S/c7-3-1-2-4(10)6(5(3)9)13(8,11)12/h1-2H. The Morgan fingerprint density at radius 3 is 2.38 bits per heavy atom. The van der Waals surface area contributed by atoms with Crippen molar-refractivity contribution in [3.05, 3.63) is 26.0 Å². The van der Waals surface area contributed by atoms with Gasteiger partial charge in [0.1, 0.15) is 4.90 Å². The number of rotatable bonds is 1. The molecule has 0 bridgehead atoms. The van der Waals surface area contributed by atoms with E-state index in [1.165, 1.54) is 12.1 Å². The lowest BCUT2D eigenvalue weighted by molar-refractivity contribution is 0.569. The molecule has 1 aromatic carbocycles. The highest BCUT2D eigenvalue weighted by Crippen LogP contribution is 2.29. The van der Waals surface area contributed by atoms with Crippen LogP contribution in [0.15, 0.2) is 21.5 Å². The molecule has 0 saturated heterocycles. The van der Waals surface area contributed by atoms with Crippen LogP contribution in [-0.4, -0.2) is 8.42 Å². The topological polar surface area (TPSA) is 34.1 Å². The maximum Gasteiger partial charge on any atom is 0.265 e. The van der Waals surface area contributed by atoms with Crippen molar-refractivity contribution in [1.82, 2.24) is 0 Å². The fourth-order valence-electron chi connectivity index (χ4n) is 0.732. The maximum atomic E-state index is 13.2. The van der Waals surface area contributed by atoms with E-state index in [1.807, 2.05) is 0 Å². The molecule has 0 saturated carbocycles. The summed E-state index contributed by atoms with van der Waals surface area (Å²) in [6.45, 7) is 0. The number of halogens is 4. The fourth-order valence-corrected chi connectivity index (χ4v) is 3.95. The summed E-state index contributed by atoms with van der Waals surface area (Å²) in [5, 5.41) is 0. The molecular formula is C6H2BrClFIO2S. The summed E-state index contributed by atoms with van der Waals surface area (Å²) in [5.74, 6) is -0.859. The van der Waals surface area contributed by atoms with Gasteiger partial charge in [-0.15, -0.1) is 0 Å². The summed E-state index contributed by atoms with van der Waals surface area (Å²) in [7, 11) is 1.02. The molecular weight excluding hydrogens is 397 g/mol. The first-order valence-corrected chi connectivity index (χ1v) is 7.10. The van der Waals surface area contributed by atoms with E-state index in [0.29, 0.717) is 0 Å². The Labute approximate surface area is 101 Å². The molecule has 0 aliphatic heterocycles. The van der Waals surface area contributed by atoms with Gasteiger partial charge in [0, 0.05) is 14.3 Å². The predicted octanol–water partition coefficient (Wildman–Crippen LogP) is 3.12. The Morgan fingerprint density at radius 2 is 2.00 bits per heavy atom. The average Bonchev–Trinajstić information content (AvgIpc) is 1.95. The molecule has 0 aromatic heterocycles. The molecule has 0 unspecified atom stereocenters. The maximum absolute atomic E-state index is 13.2. The van der Waals surface area contributed by atoms with Crippen molar-refractivity contribution in [2.75, 3.05) is 0 Å². The van der Waals surface area contributed by atoms with Gasteiger partial charge >= 0.3 is 0 Å². The van der Waals surface area contributed by atoms with Gasteiger partial charge in [-0.1, -0.05) is 0 Å². The first-order valence-electron chi connectivity index (χ1n) is 2.92. The van der Waals surface area contributed by atoms with Gasteiger partial charge in [0.25, 0.3) is 9.05 Å². The van der Waals surface area contributed by atoms with Crippen LogP contribution >= 0.6 is 49.2 Å². The zero-order valence-electron chi connectivity index (χ0n) is 5.89. The molecule has 7 heteroatoms. The molecule has 2 nitrogen and oxygen atoms in total. The van der Waals surface area contributed by atoms with Gasteiger partial charge in [0.05, 0.1) is 4.47 Å². The number of benzene rings is 1. The molecule has 0 heterocycles. The van der Waals surface area contributed by atoms with E-state index in [-0.39, 0.29) is 8.04 Å². The molecule has 72 valence electrons. The van der Waals surface area contributed by atoms with Gasteiger partial charge in [-0.25, -0.2) is 12.8 Å². The van der Waals surface area contributed by atoms with Crippen LogP contribution < -0.4 is 0 Å². The minimum Gasteiger partial charge on any atom is -0.207 e. The monoisotopic (exact) mass is 398 g/mol. The van der Waals surface area contributed by atoms with Crippen LogP contribution in [0.4, 0.5) is 4.39 Å². The molecule has 0 atom stereocenters. The lowest BCUT2D eigenvalue weighted by atomic mass is 10.3. The smallest absolute Gasteiger partial charge is 0.207 e. The summed E-state index contributed by atoms with van der Waals surface area (Å²) in [6, 6.07) is 2.88. The van der Waals surface area contributed by atoms with E-state index >= 15 is 0 Å². The van der Waals surface area contributed by atoms with Crippen molar-refractivity contribution in [3.8, 4) is 0 Å². The Hall–Kier alpha value is 0.600. The fraction of sp³-hybridized carbons (Fsp3) is 0. The Balaban J connectivity index is 3.62. The van der Waals surface area contributed by atoms with Crippen LogP contribution in [0.2, 0.25) is 0 Å². The second-order valence-electron chi connectivity index (χ2n) is 2.11. The van der Waals surface area contributed by atoms with E-state index in [2.05, 4.69) is 15.9 Å². The van der Waals surface area contributed by atoms with Crippen molar-refractivity contribution in [2.45, 2.75) is 4.90 Å². The number of hydrogen-bond donors (Lipinski definition) is 0. The Bertz CT molecular complexity index is 448. The van der Waals surface area contributed by atoms with Crippen LogP contribution in [0.1, 0.15) is 0 Å². The van der Waals surface area contributed by atoms with Crippen molar-refractivity contribution in [1.29, 1.82) is 0 Å². The van der Waals surface area contributed by atoms with Gasteiger partial charge < -0.3 is 0 Å². The van der Waals surface area contributed by atoms with Crippen molar-refractivity contribution >= 4 is 58.3 Å². The normalized spacial score (nSPS) is 11.7. The van der Waals surface area contributed by atoms with E-state index in [9.17, 15) is 12.8 Å². The molecule has 0 aliphatic carbocycles. The molecule has 0 radical (unpaired) electrons. The highest BCUT2D eigenvalue weighted by Gasteiger charge is 2.21. The van der Waals surface area contributed by atoms with Crippen LogP contribution in [0.3, 0.4) is 0 Å². The Kier molecular flexibility index (Phi) is 3.59. The van der Waals surface area contributed by atoms with Gasteiger partial charge in [-0.05, 0) is 50.7 Å². The second-order valence-corrected chi connectivity index (χ2v) is 6.63. The van der Waals surface area contributed by atoms with Gasteiger partial charge in [-0.2, -0.15) is 0 Å². The van der Waals surface area contributed by atoms with Gasteiger partial charge in [0.15, 0.2) is 5.82 Å². The average molecular weight is 399 g/mol. The van der Waals surface area contributed by atoms with Crippen LogP contribution in [0, 0.1) is 9.39 Å². The third-order valence-electron chi connectivity index (χ3n) is 1.25. The van der Waals surface area contributed by atoms with E-state index in [0.717, 1.165) is 0 Å². The quantitative estimate of drug-likeness (QED) is 0.413. The van der Waals surface area contributed by atoms with Crippen LogP contribution in [-0.2, 0) is 9.05 Å². The molecule has 0 aliphatic rings. The first kappa shape index (κ1) is 11.7. The lowest BCUT2D eigenvalue weighted by Gasteiger charge is -2.02. The minimum atomic E-state index is -4.03. The van der Waals surface area contributed by atoms with Crippen molar-refractivity contribution in [2.24, 2.45) is 0 Å². The largest absolute Gasteiger partial charge is 0.265 e. The van der Waals surface area contributed by atoms with Crippen molar-refractivity contribution < 1.29 is 12.8 Å². The van der Waals surface area contributed by atoms with Gasteiger partial charge in [0.2, 0.25) is 0 Å². The molecule has 1 aromatic rings. The Morgan fingerprint density at radius 1 is 1.46 bits per heavy atom. The van der Waals surface area contributed by atoms with Crippen LogP contribution in [0.5, 0.6) is 0 Å². The molecule has 1 rings (SSSR count).